The first kappa shape index (κ1) is 15.1. The predicted molar refractivity (Wildman–Crippen MR) is 66.6 cm³/mol. The summed E-state index contributed by atoms with van der Waals surface area (Å²) in [5.41, 5.74) is 0. The molecule has 14 heavy (non-hydrogen) atoms. The van der Waals surface area contributed by atoms with Crippen LogP contribution in [0.4, 0.5) is 0 Å². The first-order chi connectivity index (χ1) is 6.31. The minimum absolute atomic E-state index is 0.112. The van der Waals surface area contributed by atoms with E-state index in [1.54, 1.807) is 0 Å². The van der Waals surface area contributed by atoms with Gasteiger partial charge in [-0.2, -0.15) is 0 Å². The van der Waals surface area contributed by atoms with Crippen LogP contribution in [0.5, 0.6) is 0 Å². The summed E-state index contributed by atoms with van der Waals surface area (Å²) < 4.78 is 22.7. The second-order valence-corrected chi connectivity index (χ2v) is 8.02. The molecule has 0 aromatic rings. The summed E-state index contributed by atoms with van der Waals surface area (Å²) in [4.78, 5) is 0. The van der Waals surface area contributed by atoms with E-state index in [1.807, 2.05) is 27.7 Å². The predicted octanol–water partition coefficient (Wildman–Crippen LogP) is 4.15. The van der Waals surface area contributed by atoms with Crippen LogP contribution in [-0.4, -0.2) is 22.1 Å². The summed E-state index contributed by atoms with van der Waals surface area (Å²) >= 11 is 6.55. The first-order valence-corrected chi connectivity index (χ1v) is 8.13. The summed E-state index contributed by atoms with van der Waals surface area (Å²) in [5.74, 6) is 0. The quantitative estimate of drug-likeness (QED) is 0.532. The van der Waals surface area contributed by atoms with E-state index in [9.17, 15) is 4.57 Å². The molecular formula is C8H17Br2O3P. The van der Waals surface area contributed by atoms with Crippen molar-refractivity contribution in [1.82, 2.24) is 0 Å². The molecule has 0 aliphatic carbocycles. The minimum atomic E-state index is -3.05. The van der Waals surface area contributed by atoms with Crippen molar-refractivity contribution in [3.8, 4) is 0 Å². The van der Waals surface area contributed by atoms with Crippen LogP contribution in [0.1, 0.15) is 27.7 Å². The van der Waals surface area contributed by atoms with Crippen molar-refractivity contribution < 1.29 is 13.6 Å². The second kappa shape index (κ2) is 6.64. The molecule has 0 bridgehead atoms. The number of alkyl halides is 2. The molecule has 0 N–H and O–H groups in total. The van der Waals surface area contributed by atoms with Crippen LogP contribution < -0.4 is 0 Å². The van der Waals surface area contributed by atoms with Crippen molar-refractivity contribution in [1.29, 1.82) is 0 Å². The Hall–Kier alpha value is 1.11. The van der Waals surface area contributed by atoms with Crippen LogP contribution >= 0.6 is 39.5 Å². The number of hydrogen-bond acceptors (Lipinski definition) is 3. The Morgan fingerprint density at radius 2 is 1.50 bits per heavy atom. The Morgan fingerprint density at radius 3 is 1.71 bits per heavy atom. The van der Waals surface area contributed by atoms with Gasteiger partial charge in [0.15, 0.2) is 0 Å². The standard InChI is InChI=1S/C8H17Br2O3P/c1-6(2)12-14(11,8(10)5-9)13-7(3)4/h6-8H,5H2,1-4H3. The minimum Gasteiger partial charge on any atom is -0.305 e. The summed E-state index contributed by atoms with van der Waals surface area (Å²) in [5, 5.41) is 0.531. The van der Waals surface area contributed by atoms with Gasteiger partial charge in [-0.3, -0.25) is 4.57 Å². The van der Waals surface area contributed by atoms with Crippen molar-refractivity contribution in [2.75, 3.05) is 5.33 Å². The van der Waals surface area contributed by atoms with Crippen molar-refractivity contribution in [3.63, 3.8) is 0 Å². The Morgan fingerprint density at radius 1 is 1.14 bits per heavy atom. The molecule has 0 radical (unpaired) electrons. The summed E-state index contributed by atoms with van der Waals surface area (Å²) in [6.07, 6.45) is -0.225. The van der Waals surface area contributed by atoms with Gasteiger partial charge in [0.1, 0.15) is 4.57 Å². The van der Waals surface area contributed by atoms with Crippen LogP contribution in [0.25, 0.3) is 0 Å². The molecule has 1 unspecified atom stereocenters. The average molecular weight is 352 g/mol. The zero-order valence-electron chi connectivity index (χ0n) is 8.87. The van der Waals surface area contributed by atoms with Gasteiger partial charge < -0.3 is 9.05 Å². The van der Waals surface area contributed by atoms with E-state index in [1.165, 1.54) is 0 Å². The summed E-state index contributed by atoms with van der Waals surface area (Å²) in [6, 6.07) is 0. The van der Waals surface area contributed by atoms with Gasteiger partial charge in [-0.05, 0) is 27.7 Å². The van der Waals surface area contributed by atoms with Gasteiger partial charge in [-0.15, -0.1) is 0 Å². The van der Waals surface area contributed by atoms with Gasteiger partial charge in [0.05, 0.1) is 12.2 Å². The maximum atomic E-state index is 12.2. The van der Waals surface area contributed by atoms with E-state index >= 15 is 0 Å². The highest BCUT2D eigenvalue weighted by molar-refractivity contribution is 9.13. The SMILES string of the molecule is CC(C)OP(=O)(OC(C)C)C(Br)CBr. The Labute approximate surface area is 103 Å². The highest BCUT2D eigenvalue weighted by Crippen LogP contribution is 2.57. The number of halogens is 2. The molecular weight excluding hydrogens is 335 g/mol. The van der Waals surface area contributed by atoms with E-state index in [0.717, 1.165) is 0 Å². The second-order valence-electron chi connectivity index (χ2n) is 3.44. The Balaban J connectivity index is 4.58. The van der Waals surface area contributed by atoms with Crippen LogP contribution in [0.3, 0.4) is 0 Å². The molecule has 0 aliphatic rings. The monoisotopic (exact) mass is 350 g/mol. The maximum Gasteiger partial charge on any atom is 0.345 e. The van der Waals surface area contributed by atoms with Crippen LogP contribution in [0, 0.1) is 0 Å². The lowest BCUT2D eigenvalue weighted by Gasteiger charge is -2.25. The highest BCUT2D eigenvalue weighted by Gasteiger charge is 2.35. The summed E-state index contributed by atoms with van der Waals surface area (Å²) in [7, 11) is -3.05. The normalized spacial score (nSPS) is 15.1. The third kappa shape index (κ3) is 5.26. The van der Waals surface area contributed by atoms with E-state index in [0.29, 0.717) is 5.33 Å². The van der Waals surface area contributed by atoms with Gasteiger partial charge in [0.2, 0.25) is 0 Å². The van der Waals surface area contributed by atoms with Gasteiger partial charge in [-0.25, -0.2) is 0 Å². The lowest BCUT2D eigenvalue weighted by Crippen LogP contribution is -2.15. The molecule has 0 saturated carbocycles. The van der Waals surface area contributed by atoms with Crippen LogP contribution in [-0.2, 0) is 13.6 Å². The largest absolute Gasteiger partial charge is 0.345 e. The fraction of sp³-hybridized carbons (Fsp3) is 1.00. The molecule has 0 aliphatic heterocycles. The fourth-order valence-electron chi connectivity index (χ4n) is 0.829. The van der Waals surface area contributed by atoms with Crippen LogP contribution in [0.15, 0.2) is 0 Å². The maximum absolute atomic E-state index is 12.2. The van der Waals surface area contributed by atoms with E-state index in [-0.39, 0.29) is 16.8 Å². The third-order valence-electron chi connectivity index (χ3n) is 1.19. The van der Waals surface area contributed by atoms with Gasteiger partial charge >= 0.3 is 7.60 Å². The van der Waals surface area contributed by atoms with Crippen molar-refractivity contribution in [3.05, 3.63) is 0 Å². The first-order valence-electron chi connectivity index (χ1n) is 4.48. The lowest BCUT2D eigenvalue weighted by molar-refractivity contribution is 0.142. The number of hydrogen-bond donors (Lipinski definition) is 0. The van der Waals surface area contributed by atoms with E-state index < -0.39 is 7.60 Å². The zero-order valence-corrected chi connectivity index (χ0v) is 12.9. The van der Waals surface area contributed by atoms with Gasteiger partial charge in [0, 0.05) is 5.33 Å². The smallest absolute Gasteiger partial charge is 0.305 e. The van der Waals surface area contributed by atoms with Crippen molar-refractivity contribution >= 4 is 39.5 Å². The van der Waals surface area contributed by atoms with Crippen molar-refractivity contribution in [2.24, 2.45) is 0 Å². The molecule has 0 heterocycles. The molecule has 0 spiro atoms. The lowest BCUT2D eigenvalue weighted by atomic mass is 10.5. The molecule has 0 saturated heterocycles. The number of rotatable bonds is 6. The van der Waals surface area contributed by atoms with Gasteiger partial charge in [-0.1, -0.05) is 31.9 Å². The molecule has 0 amide bonds. The Kier molecular flexibility index (Phi) is 7.17. The van der Waals surface area contributed by atoms with Crippen LogP contribution in [0.2, 0.25) is 0 Å². The molecule has 0 aromatic carbocycles. The topological polar surface area (TPSA) is 35.5 Å². The third-order valence-corrected chi connectivity index (χ3v) is 7.33. The van der Waals surface area contributed by atoms with Crippen molar-refractivity contribution in [2.45, 2.75) is 44.5 Å². The fourth-order valence-corrected chi connectivity index (χ4v) is 4.13. The Bertz CT molecular complexity index is 195. The molecule has 6 heteroatoms. The molecule has 86 valence electrons. The van der Waals surface area contributed by atoms with E-state index in [4.69, 9.17) is 9.05 Å². The molecule has 0 fully saturated rings. The summed E-state index contributed by atoms with van der Waals surface area (Å²) in [6.45, 7) is 7.35. The molecule has 3 nitrogen and oxygen atoms in total. The van der Waals surface area contributed by atoms with Gasteiger partial charge in [0.25, 0.3) is 0 Å². The van der Waals surface area contributed by atoms with E-state index in [2.05, 4.69) is 31.9 Å². The highest BCUT2D eigenvalue weighted by atomic mass is 79.9. The molecule has 0 aromatic heterocycles. The zero-order chi connectivity index (χ0) is 11.4. The molecule has 1 atom stereocenters. The molecule has 0 rings (SSSR count). The average Bonchev–Trinajstić information content (AvgIpc) is 1.99.